The predicted octanol–water partition coefficient (Wildman–Crippen LogP) is 4.52. The number of fused-ring (bicyclic) bond motifs is 1. The number of carbonyl (C=O) groups is 1. The summed E-state index contributed by atoms with van der Waals surface area (Å²) in [6, 6.07) is 25.7. The van der Waals surface area contributed by atoms with Gasteiger partial charge in [0.2, 0.25) is 0 Å². The maximum Gasteiger partial charge on any atom is 0.317 e. The molecule has 6 nitrogen and oxygen atoms in total. The van der Waals surface area contributed by atoms with Gasteiger partial charge in [0.15, 0.2) is 0 Å². The normalized spacial score (nSPS) is 21.9. The molecule has 0 radical (unpaired) electrons. The molecule has 37 heavy (non-hydrogen) atoms. The zero-order valence-electron chi connectivity index (χ0n) is 21.8. The molecule has 0 bridgehead atoms. The fraction of sp³-hybridized carbons (Fsp3) is 0.387. The molecule has 1 saturated heterocycles. The Morgan fingerprint density at radius 2 is 1.70 bits per heavy atom. The molecule has 2 aliphatic heterocycles. The van der Waals surface area contributed by atoms with E-state index in [2.05, 4.69) is 78.2 Å². The van der Waals surface area contributed by atoms with E-state index in [9.17, 15) is 15.0 Å². The maximum atomic E-state index is 11.3. The second-order valence-electron chi connectivity index (χ2n) is 10.7. The van der Waals surface area contributed by atoms with Gasteiger partial charge in [-0.05, 0) is 60.2 Å². The molecule has 0 saturated carbocycles. The van der Waals surface area contributed by atoms with Gasteiger partial charge in [-0.2, -0.15) is 0 Å². The average molecular weight is 500 g/mol. The number of aliphatic carboxylic acids is 1. The number of aromatic hydroxyl groups is 1. The van der Waals surface area contributed by atoms with Gasteiger partial charge < -0.3 is 10.2 Å². The third kappa shape index (κ3) is 5.87. The monoisotopic (exact) mass is 499 g/mol. The van der Waals surface area contributed by atoms with Crippen LogP contribution < -0.4 is 0 Å². The number of carboxylic acids is 1. The van der Waals surface area contributed by atoms with Crippen LogP contribution in [-0.2, 0) is 24.3 Å². The van der Waals surface area contributed by atoms with E-state index in [1.165, 1.54) is 22.3 Å². The summed E-state index contributed by atoms with van der Waals surface area (Å²) in [5, 5.41) is 19.6. The van der Waals surface area contributed by atoms with E-state index >= 15 is 0 Å². The minimum absolute atomic E-state index is 0.00331. The van der Waals surface area contributed by atoms with Gasteiger partial charge in [0, 0.05) is 44.8 Å². The quantitative estimate of drug-likeness (QED) is 0.498. The number of hydrogen-bond acceptors (Lipinski definition) is 5. The van der Waals surface area contributed by atoms with Crippen LogP contribution in [0.4, 0.5) is 0 Å². The summed E-state index contributed by atoms with van der Waals surface area (Å²) in [5.74, 6) is -0.509. The Morgan fingerprint density at radius 1 is 0.919 bits per heavy atom. The third-order valence-corrected chi connectivity index (χ3v) is 7.91. The number of phenolic OH excluding ortho intramolecular Hbond substituents is 1. The number of rotatable bonds is 7. The van der Waals surface area contributed by atoms with Crippen molar-refractivity contribution in [2.45, 2.75) is 51.5 Å². The zero-order valence-corrected chi connectivity index (χ0v) is 21.8. The summed E-state index contributed by atoms with van der Waals surface area (Å²) in [6.07, 6.45) is 0.866. The summed E-state index contributed by atoms with van der Waals surface area (Å²) in [6.45, 7) is 8.91. The molecular formula is C31H37N3O3. The van der Waals surface area contributed by atoms with Gasteiger partial charge in [0.25, 0.3) is 0 Å². The van der Waals surface area contributed by atoms with Gasteiger partial charge >= 0.3 is 5.97 Å². The van der Waals surface area contributed by atoms with Crippen molar-refractivity contribution in [3.8, 4) is 5.75 Å². The standard InChI is InChI=1S/C31H37N3O3/c1-22-18-34(23(2)17-33(22)19-24-7-4-3-5-8-24)31(26-9-6-10-29(35)16-26)27-12-11-25-13-14-32(21-30(36)37)20-28(25)15-27/h3-12,15-16,22-23,31,35H,13-14,17-21H2,1-2H3,(H,36,37)/t22-,23-,31-/m0/s1. The largest absolute Gasteiger partial charge is 0.508 e. The molecule has 194 valence electrons. The highest BCUT2D eigenvalue weighted by Gasteiger charge is 2.35. The molecule has 0 amide bonds. The summed E-state index contributed by atoms with van der Waals surface area (Å²) in [5.41, 5.74) is 6.11. The van der Waals surface area contributed by atoms with Crippen molar-refractivity contribution < 1.29 is 15.0 Å². The fourth-order valence-electron chi connectivity index (χ4n) is 6.02. The van der Waals surface area contributed by atoms with Crippen molar-refractivity contribution in [2.75, 3.05) is 26.2 Å². The Morgan fingerprint density at radius 3 is 2.46 bits per heavy atom. The molecule has 0 aromatic heterocycles. The van der Waals surface area contributed by atoms with Crippen molar-refractivity contribution in [3.63, 3.8) is 0 Å². The molecule has 6 heteroatoms. The van der Waals surface area contributed by atoms with Crippen LogP contribution in [0.2, 0.25) is 0 Å². The van der Waals surface area contributed by atoms with Gasteiger partial charge in [0.1, 0.15) is 5.75 Å². The number of carboxylic acid groups (broad SMARTS) is 1. The van der Waals surface area contributed by atoms with Crippen LogP contribution in [0.5, 0.6) is 5.75 Å². The van der Waals surface area contributed by atoms with E-state index in [1.54, 1.807) is 6.07 Å². The zero-order chi connectivity index (χ0) is 25.9. The van der Waals surface area contributed by atoms with Crippen molar-refractivity contribution in [1.82, 2.24) is 14.7 Å². The summed E-state index contributed by atoms with van der Waals surface area (Å²) >= 11 is 0. The summed E-state index contributed by atoms with van der Waals surface area (Å²) < 4.78 is 0. The minimum atomic E-state index is -0.784. The number of phenols is 1. The lowest BCUT2D eigenvalue weighted by atomic mass is 9.89. The lowest BCUT2D eigenvalue weighted by Crippen LogP contribution is -2.56. The highest BCUT2D eigenvalue weighted by Crippen LogP contribution is 2.36. The van der Waals surface area contributed by atoms with Gasteiger partial charge in [-0.25, -0.2) is 0 Å². The molecule has 2 N–H and O–H groups in total. The molecule has 3 atom stereocenters. The molecule has 1 fully saturated rings. The lowest BCUT2D eigenvalue weighted by Gasteiger charge is -2.48. The second-order valence-corrected chi connectivity index (χ2v) is 10.7. The van der Waals surface area contributed by atoms with Gasteiger partial charge in [-0.15, -0.1) is 0 Å². The molecule has 0 aliphatic carbocycles. The predicted molar refractivity (Wildman–Crippen MR) is 145 cm³/mol. The highest BCUT2D eigenvalue weighted by molar-refractivity contribution is 5.69. The van der Waals surface area contributed by atoms with Crippen molar-refractivity contribution >= 4 is 5.97 Å². The second kappa shape index (κ2) is 11.1. The van der Waals surface area contributed by atoms with Crippen LogP contribution in [0.25, 0.3) is 0 Å². The molecule has 0 spiro atoms. The Bertz CT molecular complexity index is 1230. The first-order valence-corrected chi connectivity index (χ1v) is 13.3. The molecule has 3 aromatic carbocycles. The van der Waals surface area contributed by atoms with Crippen LogP contribution in [0.1, 0.15) is 47.7 Å². The van der Waals surface area contributed by atoms with Crippen LogP contribution >= 0.6 is 0 Å². The molecule has 0 unspecified atom stereocenters. The van der Waals surface area contributed by atoms with Crippen molar-refractivity contribution in [3.05, 3.63) is 101 Å². The van der Waals surface area contributed by atoms with E-state index in [4.69, 9.17) is 0 Å². The van der Waals surface area contributed by atoms with Gasteiger partial charge in [-0.1, -0.05) is 60.7 Å². The lowest BCUT2D eigenvalue weighted by molar-refractivity contribution is -0.138. The Kier molecular flexibility index (Phi) is 7.60. The highest BCUT2D eigenvalue weighted by atomic mass is 16.4. The van der Waals surface area contributed by atoms with E-state index in [1.807, 2.05) is 17.0 Å². The Labute approximate surface area is 219 Å². The van der Waals surface area contributed by atoms with Gasteiger partial charge in [0.05, 0.1) is 12.6 Å². The first-order chi connectivity index (χ1) is 17.9. The van der Waals surface area contributed by atoms with E-state index < -0.39 is 5.97 Å². The van der Waals surface area contributed by atoms with Crippen LogP contribution in [0.3, 0.4) is 0 Å². The molecule has 5 rings (SSSR count). The Hall–Kier alpha value is -3.19. The van der Waals surface area contributed by atoms with Crippen LogP contribution in [0, 0.1) is 0 Å². The molecule has 3 aromatic rings. The van der Waals surface area contributed by atoms with Crippen LogP contribution in [0.15, 0.2) is 72.8 Å². The molecular weight excluding hydrogens is 462 g/mol. The first-order valence-electron chi connectivity index (χ1n) is 13.3. The third-order valence-electron chi connectivity index (χ3n) is 7.91. The van der Waals surface area contributed by atoms with Crippen LogP contribution in [-0.4, -0.2) is 69.1 Å². The van der Waals surface area contributed by atoms with E-state index in [0.717, 1.165) is 38.2 Å². The number of benzene rings is 3. The average Bonchev–Trinajstić information content (AvgIpc) is 2.87. The Balaban J connectivity index is 1.44. The fourth-order valence-corrected chi connectivity index (χ4v) is 6.02. The minimum Gasteiger partial charge on any atom is -0.508 e. The smallest absolute Gasteiger partial charge is 0.317 e. The summed E-state index contributed by atoms with van der Waals surface area (Å²) in [4.78, 5) is 18.4. The SMILES string of the molecule is C[C@H]1CN([C@@H](c2cccc(O)c2)c2ccc3c(c2)CN(CC(=O)O)CC3)[C@@H](C)CN1Cc1ccccc1. The number of nitrogens with zero attached hydrogens (tertiary/aromatic N) is 3. The molecule has 2 heterocycles. The summed E-state index contributed by atoms with van der Waals surface area (Å²) in [7, 11) is 0. The van der Waals surface area contributed by atoms with E-state index in [-0.39, 0.29) is 18.3 Å². The van der Waals surface area contributed by atoms with Crippen molar-refractivity contribution in [1.29, 1.82) is 0 Å². The number of piperazine rings is 1. The maximum absolute atomic E-state index is 11.3. The number of hydrogen-bond donors (Lipinski definition) is 2. The van der Waals surface area contributed by atoms with Gasteiger partial charge in [-0.3, -0.25) is 19.5 Å². The topological polar surface area (TPSA) is 67.2 Å². The van der Waals surface area contributed by atoms with E-state index in [0.29, 0.717) is 18.6 Å². The van der Waals surface area contributed by atoms with Crippen molar-refractivity contribution in [2.24, 2.45) is 0 Å². The molecule has 2 aliphatic rings. The first kappa shape index (κ1) is 25.5.